The van der Waals surface area contributed by atoms with Crippen molar-refractivity contribution in [2.75, 3.05) is 19.0 Å². The van der Waals surface area contributed by atoms with E-state index in [1.807, 2.05) is 14.1 Å². The highest BCUT2D eigenvalue weighted by Gasteiger charge is 2.08. The zero-order valence-corrected chi connectivity index (χ0v) is 10.5. The molecule has 0 saturated carbocycles. The molecule has 0 saturated heterocycles. The lowest BCUT2D eigenvalue weighted by atomic mass is 10.0. The van der Waals surface area contributed by atoms with Gasteiger partial charge in [-0.2, -0.15) is 0 Å². The molecule has 0 fully saturated rings. The first-order chi connectivity index (χ1) is 7.08. The molecule has 0 amide bonds. The van der Waals surface area contributed by atoms with Crippen LogP contribution >= 0.6 is 0 Å². The summed E-state index contributed by atoms with van der Waals surface area (Å²) >= 11 is 0. The van der Waals surface area contributed by atoms with Crippen LogP contribution in [0.1, 0.15) is 44.4 Å². The van der Waals surface area contributed by atoms with Crippen LogP contribution in [0.3, 0.4) is 0 Å². The number of anilines is 1. The molecule has 1 aromatic rings. The van der Waals surface area contributed by atoms with Gasteiger partial charge in [0.1, 0.15) is 5.82 Å². The van der Waals surface area contributed by atoms with Crippen LogP contribution in [-0.4, -0.2) is 19.1 Å². The van der Waals surface area contributed by atoms with E-state index in [9.17, 15) is 0 Å². The Kier molecular flexibility index (Phi) is 4.13. The quantitative estimate of drug-likeness (QED) is 0.752. The molecule has 15 heavy (non-hydrogen) atoms. The Morgan fingerprint density at radius 1 is 1.27 bits per heavy atom. The Labute approximate surface area is 93.3 Å². The van der Waals surface area contributed by atoms with Crippen molar-refractivity contribution >= 4 is 5.82 Å². The summed E-state index contributed by atoms with van der Waals surface area (Å²) in [7, 11) is 4.09. The van der Waals surface area contributed by atoms with Crippen LogP contribution in [0.2, 0.25) is 0 Å². The Balaban J connectivity index is 3.11. The molecule has 0 aliphatic carbocycles. The highest BCUT2D eigenvalue weighted by Crippen LogP contribution is 2.21. The molecule has 1 aromatic heterocycles. The maximum Gasteiger partial charge on any atom is 0.128 e. The highest BCUT2D eigenvalue weighted by atomic mass is 15.1. The summed E-state index contributed by atoms with van der Waals surface area (Å²) in [5.41, 5.74) is 2.60. The third kappa shape index (κ3) is 2.95. The molecule has 2 nitrogen and oxygen atoms in total. The van der Waals surface area contributed by atoms with Crippen molar-refractivity contribution < 1.29 is 0 Å². The maximum absolute atomic E-state index is 4.68. The predicted molar refractivity (Wildman–Crippen MR) is 66.6 cm³/mol. The van der Waals surface area contributed by atoms with E-state index >= 15 is 0 Å². The molecular formula is C13H22N2. The monoisotopic (exact) mass is 206 g/mol. The van der Waals surface area contributed by atoms with Crippen molar-refractivity contribution in [3.8, 4) is 0 Å². The first-order valence-corrected chi connectivity index (χ1v) is 5.76. The van der Waals surface area contributed by atoms with E-state index in [0.29, 0.717) is 5.92 Å². The molecule has 84 valence electrons. The largest absolute Gasteiger partial charge is 0.363 e. The molecule has 1 unspecified atom stereocenters. The number of hydrogen-bond acceptors (Lipinski definition) is 2. The molecule has 0 spiro atoms. The van der Waals surface area contributed by atoms with Gasteiger partial charge in [0, 0.05) is 19.8 Å². The predicted octanol–water partition coefficient (Wildman–Crippen LogP) is 3.22. The molecule has 1 rings (SSSR count). The number of hydrogen-bond donors (Lipinski definition) is 0. The minimum Gasteiger partial charge on any atom is -0.363 e. The fourth-order valence-electron chi connectivity index (χ4n) is 1.49. The lowest BCUT2D eigenvalue weighted by molar-refractivity contribution is 0.705. The van der Waals surface area contributed by atoms with E-state index in [1.54, 1.807) is 0 Å². The Morgan fingerprint density at radius 3 is 2.40 bits per heavy atom. The van der Waals surface area contributed by atoms with Crippen LogP contribution in [-0.2, 0) is 6.42 Å². The van der Waals surface area contributed by atoms with Crippen LogP contribution in [0.15, 0.2) is 12.1 Å². The van der Waals surface area contributed by atoms with Gasteiger partial charge in [0.25, 0.3) is 0 Å². The smallest absolute Gasteiger partial charge is 0.128 e. The zero-order chi connectivity index (χ0) is 11.4. The van der Waals surface area contributed by atoms with Gasteiger partial charge in [-0.15, -0.1) is 0 Å². The molecule has 0 radical (unpaired) electrons. The standard InChI is InChI=1S/C13H22N2/c1-6-10(3)12-8-11(7-2)9-13(14-12)15(4)5/h8-10H,6-7H2,1-5H3. The number of aryl methyl sites for hydroxylation is 1. The van der Waals surface area contributed by atoms with Crippen LogP contribution in [0.4, 0.5) is 5.82 Å². The summed E-state index contributed by atoms with van der Waals surface area (Å²) in [6, 6.07) is 4.41. The van der Waals surface area contributed by atoms with Gasteiger partial charge in [0.15, 0.2) is 0 Å². The number of pyridine rings is 1. The molecule has 0 N–H and O–H groups in total. The number of nitrogens with zero attached hydrogens (tertiary/aromatic N) is 2. The molecule has 0 bridgehead atoms. The van der Waals surface area contributed by atoms with Crippen LogP contribution in [0.25, 0.3) is 0 Å². The van der Waals surface area contributed by atoms with Crippen molar-refractivity contribution in [2.24, 2.45) is 0 Å². The van der Waals surface area contributed by atoms with Gasteiger partial charge in [-0.1, -0.05) is 20.8 Å². The van der Waals surface area contributed by atoms with Crippen molar-refractivity contribution in [3.05, 3.63) is 23.4 Å². The summed E-state index contributed by atoms with van der Waals surface area (Å²) in [5, 5.41) is 0. The second kappa shape index (κ2) is 5.15. The average Bonchev–Trinajstić information content (AvgIpc) is 2.27. The number of rotatable bonds is 4. The second-order valence-corrected chi connectivity index (χ2v) is 4.32. The summed E-state index contributed by atoms with van der Waals surface area (Å²) < 4.78 is 0. The van der Waals surface area contributed by atoms with Crippen LogP contribution in [0, 0.1) is 0 Å². The molecule has 1 atom stereocenters. The second-order valence-electron chi connectivity index (χ2n) is 4.32. The molecule has 0 aliphatic heterocycles. The fourth-order valence-corrected chi connectivity index (χ4v) is 1.49. The van der Waals surface area contributed by atoms with E-state index in [2.05, 4.69) is 42.8 Å². The Bertz CT molecular complexity index is 318. The van der Waals surface area contributed by atoms with Crippen molar-refractivity contribution in [1.82, 2.24) is 4.98 Å². The fraction of sp³-hybridized carbons (Fsp3) is 0.615. The van der Waals surface area contributed by atoms with Crippen molar-refractivity contribution in [2.45, 2.75) is 39.5 Å². The van der Waals surface area contributed by atoms with Gasteiger partial charge < -0.3 is 4.90 Å². The van der Waals surface area contributed by atoms with E-state index in [0.717, 1.165) is 18.7 Å². The van der Waals surface area contributed by atoms with Gasteiger partial charge >= 0.3 is 0 Å². The lowest BCUT2D eigenvalue weighted by Crippen LogP contribution is -2.12. The van der Waals surface area contributed by atoms with E-state index < -0.39 is 0 Å². The van der Waals surface area contributed by atoms with Gasteiger partial charge in [0.2, 0.25) is 0 Å². The molecule has 0 aromatic carbocycles. The third-order valence-electron chi connectivity index (χ3n) is 2.88. The van der Waals surface area contributed by atoms with Crippen LogP contribution in [0.5, 0.6) is 0 Å². The van der Waals surface area contributed by atoms with Gasteiger partial charge in [-0.3, -0.25) is 0 Å². The topological polar surface area (TPSA) is 16.1 Å². The Morgan fingerprint density at radius 2 is 1.93 bits per heavy atom. The van der Waals surface area contributed by atoms with Crippen molar-refractivity contribution in [1.29, 1.82) is 0 Å². The summed E-state index contributed by atoms with van der Waals surface area (Å²) in [4.78, 5) is 6.75. The maximum atomic E-state index is 4.68. The minimum atomic E-state index is 0.551. The highest BCUT2D eigenvalue weighted by molar-refractivity contribution is 5.41. The van der Waals surface area contributed by atoms with Gasteiger partial charge in [0.05, 0.1) is 0 Å². The Hall–Kier alpha value is -1.05. The first-order valence-electron chi connectivity index (χ1n) is 5.76. The van der Waals surface area contributed by atoms with Gasteiger partial charge in [-0.25, -0.2) is 4.98 Å². The SMILES string of the molecule is CCc1cc(C(C)CC)nc(N(C)C)c1. The average molecular weight is 206 g/mol. The molecule has 0 aliphatic rings. The van der Waals surface area contributed by atoms with Crippen molar-refractivity contribution in [3.63, 3.8) is 0 Å². The summed E-state index contributed by atoms with van der Waals surface area (Å²) in [6.45, 7) is 6.64. The third-order valence-corrected chi connectivity index (χ3v) is 2.88. The normalized spacial score (nSPS) is 12.6. The number of aromatic nitrogens is 1. The summed E-state index contributed by atoms with van der Waals surface area (Å²) in [5.74, 6) is 1.62. The van der Waals surface area contributed by atoms with Crippen LogP contribution < -0.4 is 4.90 Å². The zero-order valence-electron chi connectivity index (χ0n) is 10.5. The van der Waals surface area contributed by atoms with E-state index in [1.165, 1.54) is 11.3 Å². The molecule has 2 heteroatoms. The van der Waals surface area contributed by atoms with E-state index in [-0.39, 0.29) is 0 Å². The molecule has 1 heterocycles. The summed E-state index contributed by atoms with van der Waals surface area (Å²) in [6.07, 6.45) is 2.22. The van der Waals surface area contributed by atoms with Gasteiger partial charge in [-0.05, 0) is 36.5 Å². The van der Waals surface area contributed by atoms with E-state index in [4.69, 9.17) is 0 Å². The minimum absolute atomic E-state index is 0.551. The first kappa shape index (κ1) is 12.0. The lowest BCUT2D eigenvalue weighted by Gasteiger charge is -2.16. The molecular weight excluding hydrogens is 184 g/mol.